The normalized spacial score (nSPS) is 17.4. The van der Waals surface area contributed by atoms with Gasteiger partial charge in [0.1, 0.15) is 17.8 Å². The van der Waals surface area contributed by atoms with Crippen molar-refractivity contribution in [1.29, 1.82) is 0 Å². The Bertz CT molecular complexity index is 1010. The molecule has 0 N–H and O–H groups in total. The third-order valence-corrected chi connectivity index (χ3v) is 6.48. The maximum absolute atomic E-state index is 13.1. The third kappa shape index (κ3) is 3.50. The third-order valence-electron chi connectivity index (χ3n) is 5.59. The number of hydrogen-bond acceptors (Lipinski definition) is 5. The van der Waals surface area contributed by atoms with Gasteiger partial charge in [0, 0.05) is 26.2 Å². The van der Waals surface area contributed by atoms with Crippen molar-refractivity contribution in [2.24, 2.45) is 0 Å². The number of nitrogens with zero attached hydrogens (tertiary/aromatic N) is 4. The monoisotopic (exact) mass is 404 g/mol. The first-order chi connectivity index (χ1) is 13.6. The van der Waals surface area contributed by atoms with E-state index in [1.54, 1.807) is 21.2 Å². The zero-order valence-corrected chi connectivity index (χ0v) is 16.6. The van der Waals surface area contributed by atoms with Gasteiger partial charge in [0.05, 0.1) is 5.52 Å². The molecular weight excluding hydrogens is 380 g/mol. The summed E-state index contributed by atoms with van der Waals surface area (Å²) in [5, 5.41) is 1.74. The van der Waals surface area contributed by atoms with Gasteiger partial charge < -0.3 is 9.80 Å². The Morgan fingerprint density at radius 1 is 0.821 bits per heavy atom. The van der Waals surface area contributed by atoms with Gasteiger partial charge in [-0.1, -0.05) is 0 Å². The van der Waals surface area contributed by atoms with Crippen LogP contribution < -0.4 is 11.2 Å². The lowest BCUT2D eigenvalue weighted by atomic mass is 10.1. The molecule has 0 spiro atoms. The van der Waals surface area contributed by atoms with Crippen molar-refractivity contribution in [2.75, 3.05) is 26.2 Å². The van der Waals surface area contributed by atoms with Gasteiger partial charge >= 0.3 is 5.69 Å². The van der Waals surface area contributed by atoms with Crippen molar-refractivity contribution >= 4 is 33.4 Å². The molecule has 9 heteroatoms. The van der Waals surface area contributed by atoms with E-state index in [9.17, 15) is 19.2 Å². The second-order valence-electron chi connectivity index (χ2n) is 7.42. The van der Waals surface area contributed by atoms with Crippen molar-refractivity contribution in [3.63, 3.8) is 0 Å². The Kier molecular flexibility index (Phi) is 5.34. The summed E-state index contributed by atoms with van der Waals surface area (Å²) in [4.78, 5) is 54.6. The van der Waals surface area contributed by atoms with Crippen LogP contribution in [0.1, 0.15) is 32.1 Å². The summed E-state index contributed by atoms with van der Waals surface area (Å²) in [5.41, 5.74) is -0.576. The minimum Gasteiger partial charge on any atom is -0.341 e. The lowest BCUT2D eigenvalue weighted by Gasteiger charge is -2.27. The van der Waals surface area contributed by atoms with E-state index in [1.165, 1.54) is 15.9 Å². The number of hydrogen-bond donors (Lipinski definition) is 0. The lowest BCUT2D eigenvalue weighted by Crippen LogP contribution is -2.46. The van der Waals surface area contributed by atoms with Crippen molar-refractivity contribution < 1.29 is 9.59 Å². The van der Waals surface area contributed by atoms with Gasteiger partial charge in [0.25, 0.3) is 5.56 Å². The summed E-state index contributed by atoms with van der Waals surface area (Å²) in [6.45, 7) is 2.35. The number of likely N-dealkylation sites (tertiary alicyclic amines) is 2. The number of carbonyl (C=O) groups is 2. The van der Waals surface area contributed by atoms with Crippen LogP contribution in [0, 0.1) is 0 Å². The molecule has 0 aromatic carbocycles. The average molecular weight is 404 g/mol. The molecule has 2 amide bonds. The predicted molar refractivity (Wildman–Crippen MR) is 107 cm³/mol. The fraction of sp³-hybridized carbons (Fsp3) is 0.579. The summed E-state index contributed by atoms with van der Waals surface area (Å²) < 4.78 is 2.74. The highest BCUT2D eigenvalue weighted by Crippen LogP contribution is 2.16. The SMILES string of the molecule is O=C(Cn1c(=O)c2sccc2n(CC(=O)N2CCCC2)c1=O)N1CCCCC1. The number of rotatable bonds is 4. The summed E-state index contributed by atoms with van der Waals surface area (Å²) in [7, 11) is 0. The van der Waals surface area contributed by atoms with E-state index in [0.717, 1.165) is 36.7 Å². The minimum atomic E-state index is -0.589. The standard InChI is InChI=1S/C19H24N4O4S/c24-15(21-9-4-5-10-21)12-22-14-6-11-28-17(14)18(26)23(19(22)27)13-16(25)20-7-2-1-3-8-20/h6,11H,1-5,7-10,12-13H2. The first-order valence-corrected chi connectivity index (χ1v) is 10.7. The summed E-state index contributed by atoms with van der Waals surface area (Å²) in [6.07, 6.45) is 4.92. The van der Waals surface area contributed by atoms with Crippen LogP contribution >= 0.6 is 11.3 Å². The van der Waals surface area contributed by atoms with Gasteiger partial charge in [-0.2, -0.15) is 0 Å². The summed E-state index contributed by atoms with van der Waals surface area (Å²) in [6, 6.07) is 1.69. The Labute approximate surface area is 166 Å². The van der Waals surface area contributed by atoms with Crippen molar-refractivity contribution in [1.82, 2.24) is 18.9 Å². The molecule has 2 fully saturated rings. The van der Waals surface area contributed by atoms with Crippen LogP contribution in [0.3, 0.4) is 0 Å². The van der Waals surface area contributed by atoms with E-state index in [2.05, 4.69) is 0 Å². The molecule has 2 saturated heterocycles. The number of fused-ring (bicyclic) bond motifs is 1. The summed E-state index contributed by atoms with van der Waals surface area (Å²) >= 11 is 1.23. The van der Waals surface area contributed by atoms with Crippen molar-refractivity contribution in [3.8, 4) is 0 Å². The molecule has 2 aliphatic heterocycles. The van der Waals surface area contributed by atoms with E-state index in [4.69, 9.17) is 0 Å². The van der Waals surface area contributed by atoms with Gasteiger partial charge in [0.2, 0.25) is 11.8 Å². The van der Waals surface area contributed by atoms with Gasteiger partial charge in [-0.25, -0.2) is 9.36 Å². The van der Waals surface area contributed by atoms with Crippen LogP contribution in [0.5, 0.6) is 0 Å². The minimum absolute atomic E-state index is 0.107. The highest BCUT2D eigenvalue weighted by Gasteiger charge is 2.24. The van der Waals surface area contributed by atoms with E-state index in [-0.39, 0.29) is 24.9 Å². The largest absolute Gasteiger partial charge is 0.341 e. The molecule has 150 valence electrons. The maximum Gasteiger partial charge on any atom is 0.332 e. The smallest absolute Gasteiger partial charge is 0.332 e. The van der Waals surface area contributed by atoms with Crippen LogP contribution in [-0.4, -0.2) is 56.9 Å². The summed E-state index contributed by atoms with van der Waals surface area (Å²) in [5.74, 6) is -0.341. The first kappa shape index (κ1) is 18.9. The zero-order chi connectivity index (χ0) is 19.7. The van der Waals surface area contributed by atoms with Crippen LogP contribution in [0.4, 0.5) is 0 Å². The quantitative estimate of drug-likeness (QED) is 0.757. The Morgan fingerprint density at radius 2 is 1.36 bits per heavy atom. The fourth-order valence-corrected chi connectivity index (χ4v) is 4.85. The molecule has 0 radical (unpaired) electrons. The fourth-order valence-electron chi connectivity index (χ4n) is 4.01. The van der Waals surface area contributed by atoms with Crippen LogP contribution in [0.25, 0.3) is 10.2 Å². The number of thiophene rings is 1. The molecule has 0 bridgehead atoms. The number of carbonyl (C=O) groups excluding carboxylic acids is 2. The van der Waals surface area contributed by atoms with Crippen LogP contribution in [-0.2, 0) is 22.7 Å². The molecule has 28 heavy (non-hydrogen) atoms. The molecular formula is C19H24N4O4S. The first-order valence-electron chi connectivity index (χ1n) is 9.82. The molecule has 0 saturated carbocycles. The van der Waals surface area contributed by atoms with Gasteiger partial charge in [0.15, 0.2) is 0 Å². The second kappa shape index (κ2) is 7.90. The Hall–Kier alpha value is -2.42. The molecule has 0 atom stereocenters. The highest BCUT2D eigenvalue weighted by atomic mass is 32.1. The zero-order valence-electron chi connectivity index (χ0n) is 15.8. The molecule has 0 unspecified atom stereocenters. The molecule has 4 rings (SSSR count). The highest BCUT2D eigenvalue weighted by molar-refractivity contribution is 7.17. The Balaban J connectivity index is 1.68. The molecule has 2 aliphatic rings. The van der Waals surface area contributed by atoms with Crippen LogP contribution in [0.15, 0.2) is 21.0 Å². The van der Waals surface area contributed by atoms with E-state index >= 15 is 0 Å². The lowest BCUT2D eigenvalue weighted by molar-refractivity contribution is -0.132. The van der Waals surface area contributed by atoms with Crippen molar-refractivity contribution in [2.45, 2.75) is 45.2 Å². The Morgan fingerprint density at radius 3 is 1.96 bits per heavy atom. The van der Waals surface area contributed by atoms with E-state index < -0.39 is 11.2 Å². The number of amides is 2. The topological polar surface area (TPSA) is 84.6 Å². The number of aromatic nitrogens is 2. The van der Waals surface area contributed by atoms with Gasteiger partial charge in [-0.05, 0) is 43.6 Å². The van der Waals surface area contributed by atoms with E-state index in [0.29, 0.717) is 36.4 Å². The second-order valence-corrected chi connectivity index (χ2v) is 8.34. The number of piperidine rings is 1. The van der Waals surface area contributed by atoms with Crippen molar-refractivity contribution in [3.05, 3.63) is 32.3 Å². The van der Waals surface area contributed by atoms with Crippen LogP contribution in [0.2, 0.25) is 0 Å². The van der Waals surface area contributed by atoms with Gasteiger partial charge in [-0.15, -0.1) is 11.3 Å². The molecule has 8 nitrogen and oxygen atoms in total. The molecule has 4 heterocycles. The maximum atomic E-state index is 13.1. The molecule has 0 aliphatic carbocycles. The van der Waals surface area contributed by atoms with Gasteiger partial charge in [-0.3, -0.25) is 19.0 Å². The molecule has 2 aromatic heterocycles. The van der Waals surface area contributed by atoms with E-state index in [1.807, 2.05) is 0 Å². The average Bonchev–Trinajstić information content (AvgIpc) is 3.41. The molecule has 2 aromatic rings. The predicted octanol–water partition coefficient (Wildman–Crippen LogP) is 0.860.